The second kappa shape index (κ2) is 5.78. The summed E-state index contributed by atoms with van der Waals surface area (Å²) in [5, 5.41) is 11.4. The molecule has 0 bridgehead atoms. The lowest BCUT2D eigenvalue weighted by molar-refractivity contribution is 0.401. The van der Waals surface area contributed by atoms with E-state index >= 15 is 0 Å². The van der Waals surface area contributed by atoms with E-state index in [2.05, 4.69) is 41.5 Å². The van der Waals surface area contributed by atoms with E-state index in [-0.39, 0.29) is 6.04 Å². The molecular weight excluding hydrogens is 226 g/mol. The summed E-state index contributed by atoms with van der Waals surface area (Å²) < 4.78 is 5.67. The largest absolute Gasteiger partial charge is 0.423 e. The summed E-state index contributed by atoms with van der Waals surface area (Å²) in [6.45, 7) is 7.06. The van der Waals surface area contributed by atoms with Crippen molar-refractivity contribution >= 4 is 0 Å². The number of nitrogens with zero attached hydrogens (tertiary/aromatic N) is 2. The summed E-state index contributed by atoms with van der Waals surface area (Å²) >= 11 is 0. The Morgan fingerprint density at radius 3 is 2.78 bits per heavy atom. The van der Waals surface area contributed by atoms with Gasteiger partial charge in [-0.2, -0.15) is 0 Å². The zero-order valence-electron chi connectivity index (χ0n) is 11.1. The van der Waals surface area contributed by atoms with Crippen LogP contribution in [0.3, 0.4) is 0 Å². The highest BCUT2D eigenvalue weighted by atomic mass is 16.4. The Morgan fingerprint density at radius 1 is 1.28 bits per heavy atom. The van der Waals surface area contributed by atoms with Crippen LogP contribution in [-0.4, -0.2) is 16.7 Å². The van der Waals surface area contributed by atoms with Crippen LogP contribution in [0.15, 0.2) is 28.7 Å². The van der Waals surface area contributed by atoms with Gasteiger partial charge in [0.05, 0.1) is 12.5 Å². The summed E-state index contributed by atoms with van der Waals surface area (Å²) in [5.74, 6) is 1.32. The number of aromatic nitrogens is 2. The molecule has 2 rings (SSSR count). The molecule has 0 radical (unpaired) electrons. The van der Waals surface area contributed by atoms with Gasteiger partial charge in [0.1, 0.15) is 0 Å². The van der Waals surface area contributed by atoms with Crippen LogP contribution in [0, 0.1) is 6.92 Å². The number of hydrogen-bond acceptors (Lipinski definition) is 4. The van der Waals surface area contributed by atoms with Gasteiger partial charge in [-0.25, -0.2) is 0 Å². The maximum Gasteiger partial charge on any atom is 0.233 e. The van der Waals surface area contributed by atoms with Gasteiger partial charge in [0.2, 0.25) is 11.8 Å². The van der Waals surface area contributed by atoms with E-state index in [0.29, 0.717) is 18.2 Å². The summed E-state index contributed by atoms with van der Waals surface area (Å²) in [5.41, 5.74) is 2.47. The van der Waals surface area contributed by atoms with Crippen molar-refractivity contribution in [1.29, 1.82) is 0 Å². The first-order valence-electron chi connectivity index (χ1n) is 6.31. The average Bonchev–Trinajstić information content (AvgIpc) is 2.81. The lowest BCUT2D eigenvalue weighted by Crippen LogP contribution is -2.17. The maximum atomic E-state index is 5.67. The molecule has 0 saturated heterocycles. The smallest absolute Gasteiger partial charge is 0.233 e. The van der Waals surface area contributed by atoms with Crippen molar-refractivity contribution in [3.8, 4) is 0 Å². The van der Waals surface area contributed by atoms with Gasteiger partial charge < -0.3 is 9.73 Å². The van der Waals surface area contributed by atoms with Crippen LogP contribution in [-0.2, 0) is 6.42 Å². The molecule has 2 aromatic rings. The minimum Gasteiger partial charge on any atom is -0.423 e. The number of hydrogen-bond donors (Lipinski definition) is 1. The summed E-state index contributed by atoms with van der Waals surface area (Å²) in [6, 6.07) is 8.35. The zero-order valence-corrected chi connectivity index (χ0v) is 11.1. The van der Waals surface area contributed by atoms with Crippen LogP contribution in [0.1, 0.15) is 42.8 Å². The van der Waals surface area contributed by atoms with Gasteiger partial charge in [0.25, 0.3) is 0 Å². The van der Waals surface area contributed by atoms with Gasteiger partial charge in [-0.05, 0) is 31.5 Å². The number of rotatable bonds is 5. The molecule has 1 aromatic heterocycles. The van der Waals surface area contributed by atoms with Gasteiger partial charge >= 0.3 is 0 Å². The van der Waals surface area contributed by atoms with Crippen molar-refractivity contribution in [2.45, 2.75) is 33.2 Å². The lowest BCUT2D eigenvalue weighted by atomic mass is 10.1. The first-order valence-corrected chi connectivity index (χ1v) is 6.31. The van der Waals surface area contributed by atoms with E-state index in [0.717, 1.165) is 6.54 Å². The van der Waals surface area contributed by atoms with Crippen molar-refractivity contribution in [2.75, 3.05) is 6.54 Å². The van der Waals surface area contributed by atoms with Gasteiger partial charge in [-0.3, -0.25) is 0 Å². The fraction of sp³-hybridized carbons (Fsp3) is 0.429. The monoisotopic (exact) mass is 245 g/mol. The predicted molar refractivity (Wildman–Crippen MR) is 70.4 cm³/mol. The summed E-state index contributed by atoms with van der Waals surface area (Å²) in [7, 11) is 0. The van der Waals surface area contributed by atoms with E-state index in [1.807, 2.05) is 19.1 Å². The predicted octanol–water partition coefficient (Wildman–Crippen LogP) is 2.64. The fourth-order valence-electron chi connectivity index (χ4n) is 1.88. The molecule has 4 nitrogen and oxygen atoms in total. The lowest BCUT2D eigenvalue weighted by Gasteiger charge is -2.06. The second-order valence-electron chi connectivity index (χ2n) is 4.42. The van der Waals surface area contributed by atoms with E-state index in [9.17, 15) is 0 Å². The zero-order chi connectivity index (χ0) is 13.0. The number of nitrogens with one attached hydrogen (secondary N) is 1. The fourth-order valence-corrected chi connectivity index (χ4v) is 1.88. The minimum atomic E-state index is 0.105. The van der Waals surface area contributed by atoms with Crippen molar-refractivity contribution in [3.63, 3.8) is 0 Å². The molecule has 1 aromatic carbocycles. The van der Waals surface area contributed by atoms with Gasteiger partial charge in [-0.15, -0.1) is 10.2 Å². The maximum absolute atomic E-state index is 5.67. The molecule has 96 valence electrons. The number of aryl methyl sites for hydroxylation is 1. The van der Waals surface area contributed by atoms with E-state index in [1.54, 1.807) is 0 Å². The molecule has 0 aliphatic heterocycles. The Morgan fingerprint density at radius 2 is 2.06 bits per heavy atom. The molecule has 0 amide bonds. The Labute approximate surface area is 107 Å². The minimum absolute atomic E-state index is 0.105. The quantitative estimate of drug-likeness (QED) is 0.879. The average molecular weight is 245 g/mol. The SMILES string of the molecule is CCNC(C)c1nnc(Cc2ccccc2C)o1. The highest BCUT2D eigenvalue weighted by Gasteiger charge is 2.13. The first-order chi connectivity index (χ1) is 8.70. The molecule has 1 heterocycles. The third-order valence-corrected chi connectivity index (χ3v) is 2.97. The molecule has 1 N–H and O–H groups in total. The van der Waals surface area contributed by atoms with Crippen LogP contribution in [0.5, 0.6) is 0 Å². The molecule has 18 heavy (non-hydrogen) atoms. The standard InChI is InChI=1S/C14H19N3O/c1-4-15-11(3)14-17-16-13(18-14)9-12-8-6-5-7-10(12)2/h5-8,11,15H,4,9H2,1-3H3. The summed E-state index contributed by atoms with van der Waals surface area (Å²) in [4.78, 5) is 0. The third-order valence-electron chi connectivity index (χ3n) is 2.97. The molecule has 0 aliphatic carbocycles. The molecule has 0 spiro atoms. The molecule has 0 fully saturated rings. The van der Waals surface area contributed by atoms with E-state index < -0.39 is 0 Å². The normalized spacial score (nSPS) is 12.6. The van der Waals surface area contributed by atoms with Crippen LogP contribution in [0.25, 0.3) is 0 Å². The number of benzene rings is 1. The Hall–Kier alpha value is -1.68. The topological polar surface area (TPSA) is 51.0 Å². The van der Waals surface area contributed by atoms with Gasteiger partial charge in [0.15, 0.2) is 0 Å². The first kappa shape index (κ1) is 12.8. The van der Waals surface area contributed by atoms with E-state index in [1.165, 1.54) is 11.1 Å². The Balaban J connectivity index is 2.09. The highest BCUT2D eigenvalue weighted by molar-refractivity contribution is 5.27. The highest BCUT2D eigenvalue weighted by Crippen LogP contribution is 2.15. The Kier molecular flexibility index (Phi) is 4.10. The van der Waals surface area contributed by atoms with Crippen molar-refractivity contribution in [3.05, 3.63) is 47.2 Å². The van der Waals surface area contributed by atoms with Gasteiger partial charge in [-0.1, -0.05) is 31.2 Å². The van der Waals surface area contributed by atoms with E-state index in [4.69, 9.17) is 4.42 Å². The summed E-state index contributed by atoms with van der Waals surface area (Å²) in [6.07, 6.45) is 0.693. The molecule has 4 heteroatoms. The van der Waals surface area contributed by atoms with Crippen LogP contribution in [0.2, 0.25) is 0 Å². The van der Waals surface area contributed by atoms with Gasteiger partial charge in [0, 0.05) is 0 Å². The van der Waals surface area contributed by atoms with Crippen LogP contribution >= 0.6 is 0 Å². The molecule has 0 aliphatic rings. The van der Waals surface area contributed by atoms with Crippen LogP contribution in [0.4, 0.5) is 0 Å². The molecule has 1 unspecified atom stereocenters. The molecule has 0 saturated carbocycles. The Bertz CT molecular complexity index is 507. The molecule has 1 atom stereocenters. The van der Waals surface area contributed by atoms with Crippen molar-refractivity contribution in [2.24, 2.45) is 0 Å². The van der Waals surface area contributed by atoms with Crippen LogP contribution < -0.4 is 5.32 Å². The third kappa shape index (κ3) is 2.96. The van der Waals surface area contributed by atoms with Crippen molar-refractivity contribution in [1.82, 2.24) is 15.5 Å². The molecular formula is C14H19N3O. The second-order valence-corrected chi connectivity index (χ2v) is 4.42. The van der Waals surface area contributed by atoms with Crippen molar-refractivity contribution < 1.29 is 4.42 Å².